The van der Waals surface area contributed by atoms with E-state index in [1.165, 1.54) is 12.1 Å². The van der Waals surface area contributed by atoms with Gasteiger partial charge in [0, 0.05) is 0 Å². The highest BCUT2D eigenvalue weighted by Crippen LogP contribution is 2.34. The normalized spacial score (nSPS) is 10.6. The van der Waals surface area contributed by atoms with Gasteiger partial charge in [0.15, 0.2) is 11.5 Å². The molecular weight excluding hydrogens is 240 g/mol. The minimum absolute atomic E-state index is 0.131. The van der Waals surface area contributed by atoms with Gasteiger partial charge in [0.1, 0.15) is 5.75 Å². The topological polar surface area (TPSA) is 60.7 Å². The molecule has 0 aromatic heterocycles. The first-order valence-corrected chi connectivity index (χ1v) is 6.43. The van der Waals surface area contributed by atoms with Crippen LogP contribution in [0.2, 0.25) is 0 Å². The van der Waals surface area contributed by atoms with E-state index in [0.29, 0.717) is 5.75 Å². The molecule has 0 spiro atoms. The van der Waals surface area contributed by atoms with Crippen molar-refractivity contribution in [2.24, 2.45) is 0 Å². The fourth-order valence-electron chi connectivity index (χ4n) is 2.17. The Morgan fingerprint density at radius 2 is 1.32 bits per heavy atom. The van der Waals surface area contributed by atoms with Gasteiger partial charge in [0.05, 0.1) is 0 Å². The number of aryl methyl sites for hydroxylation is 2. The average Bonchev–Trinajstić information content (AvgIpc) is 2.42. The zero-order valence-electron chi connectivity index (χ0n) is 11.1. The van der Waals surface area contributed by atoms with Gasteiger partial charge in [-0.05, 0) is 59.4 Å². The third kappa shape index (κ3) is 2.50. The summed E-state index contributed by atoms with van der Waals surface area (Å²) in [4.78, 5) is 0. The van der Waals surface area contributed by atoms with Crippen molar-refractivity contribution >= 4 is 0 Å². The zero-order chi connectivity index (χ0) is 14.0. The van der Waals surface area contributed by atoms with Gasteiger partial charge in [0.25, 0.3) is 0 Å². The molecule has 0 atom stereocenters. The van der Waals surface area contributed by atoms with Crippen LogP contribution < -0.4 is 0 Å². The third-order valence-electron chi connectivity index (χ3n) is 3.34. The number of phenols is 3. The highest BCUT2D eigenvalue weighted by Gasteiger charge is 2.10. The lowest BCUT2D eigenvalue weighted by Gasteiger charge is -2.12. The van der Waals surface area contributed by atoms with Crippen LogP contribution in [-0.4, -0.2) is 15.3 Å². The predicted molar refractivity (Wildman–Crippen MR) is 75.6 cm³/mol. The molecule has 19 heavy (non-hydrogen) atoms. The minimum atomic E-state index is -0.137. The standard InChI is InChI=1S/C16H18O3/c1-3-10-7-13(8-11(4-2)16(10)19)12-5-6-14(17)15(18)9-12/h5-9,17-19H,3-4H2,1-2H3. The molecule has 0 saturated carbocycles. The van der Waals surface area contributed by atoms with Crippen LogP contribution in [0.3, 0.4) is 0 Å². The van der Waals surface area contributed by atoms with Crippen molar-refractivity contribution < 1.29 is 15.3 Å². The molecule has 0 fully saturated rings. The number of rotatable bonds is 3. The van der Waals surface area contributed by atoms with E-state index in [1.807, 2.05) is 26.0 Å². The molecular formula is C16H18O3. The molecule has 0 amide bonds. The maximum Gasteiger partial charge on any atom is 0.158 e. The van der Waals surface area contributed by atoms with Gasteiger partial charge in [-0.25, -0.2) is 0 Å². The van der Waals surface area contributed by atoms with Crippen molar-refractivity contribution in [2.75, 3.05) is 0 Å². The van der Waals surface area contributed by atoms with Crippen molar-refractivity contribution in [1.29, 1.82) is 0 Å². The van der Waals surface area contributed by atoms with E-state index in [-0.39, 0.29) is 11.5 Å². The Kier molecular flexibility index (Phi) is 3.65. The van der Waals surface area contributed by atoms with E-state index in [9.17, 15) is 15.3 Å². The third-order valence-corrected chi connectivity index (χ3v) is 3.34. The summed E-state index contributed by atoms with van der Waals surface area (Å²) in [5.74, 6) is 0.0902. The van der Waals surface area contributed by atoms with E-state index in [0.717, 1.165) is 35.1 Å². The summed E-state index contributed by atoms with van der Waals surface area (Å²) in [5, 5.41) is 29.0. The predicted octanol–water partition coefficient (Wildman–Crippen LogP) is 3.60. The van der Waals surface area contributed by atoms with Crippen LogP contribution in [-0.2, 0) is 12.8 Å². The Hall–Kier alpha value is -2.16. The Morgan fingerprint density at radius 3 is 1.79 bits per heavy atom. The summed E-state index contributed by atoms with van der Waals surface area (Å²) in [7, 11) is 0. The van der Waals surface area contributed by atoms with Gasteiger partial charge in [-0.15, -0.1) is 0 Å². The Morgan fingerprint density at radius 1 is 0.737 bits per heavy atom. The highest BCUT2D eigenvalue weighted by molar-refractivity contribution is 5.70. The average molecular weight is 258 g/mol. The van der Waals surface area contributed by atoms with Crippen LogP contribution in [0.1, 0.15) is 25.0 Å². The van der Waals surface area contributed by atoms with E-state index in [4.69, 9.17) is 0 Å². The Labute approximate surface area is 112 Å². The molecule has 2 rings (SSSR count). The second-order valence-electron chi connectivity index (χ2n) is 4.55. The fourth-order valence-corrected chi connectivity index (χ4v) is 2.17. The van der Waals surface area contributed by atoms with Crippen LogP contribution >= 0.6 is 0 Å². The van der Waals surface area contributed by atoms with E-state index in [1.54, 1.807) is 6.07 Å². The fraction of sp³-hybridized carbons (Fsp3) is 0.250. The van der Waals surface area contributed by atoms with E-state index < -0.39 is 0 Å². The number of hydrogen-bond acceptors (Lipinski definition) is 3. The van der Waals surface area contributed by atoms with Crippen molar-refractivity contribution in [3.05, 3.63) is 41.5 Å². The summed E-state index contributed by atoms with van der Waals surface area (Å²) < 4.78 is 0. The SMILES string of the molecule is CCc1cc(-c2ccc(O)c(O)c2)cc(CC)c1O. The lowest BCUT2D eigenvalue weighted by molar-refractivity contribution is 0.404. The van der Waals surface area contributed by atoms with Crippen LogP contribution in [0.15, 0.2) is 30.3 Å². The summed E-state index contributed by atoms with van der Waals surface area (Å²) in [5.41, 5.74) is 3.53. The molecule has 0 saturated heterocycles. The van der Waals surface area contributed by atoms with Gasteiger partial charge in [0.2, 0.25) is 0 Å². The molecule has 0 radical (unpaired) electrons. The quantitative estimate of drug-likeness (QED) is 0.737. The highest BCUT2D eigenvalue weighted by atomic mass is 16.3. The number of phenolic OH excluding ortho intramolecular Hbond substituents is 3. The Balaban J connectivity index is 2.58. The Bertz CT molecular complexity index is 578. The largest absolute Gasteiger partial charge is 0.507 e. The first-order valence-electron chi connectivity index (χ1n) is 6.43. The molecule has 100 valence electrons. The van der Waals surface area contributed by atoms with Crippen molar-refractivity contribution in [2.45, 2.75) is 26.7 Å². The van der Waals surface area contributed by atoms with Crippen LogP contribution in [0, 0.1) is 0 Å². The van der Waals surface area contributed by atoms with E-state index in [2.05, 4.69) is 0 Å². The van der Waals surface area contributed by atoms with Crippen molar-refractivity contribution in [3.8, 4) is 28.4 Å². The molecule has 0 aliphatic carbocycles. The molecule has 0 aliphatic rings. The minimum Gasteiger partial charge on any atom is -0.507 e. The summed E-state index contributed by atoms with van der Waals surface area (Å²) >= 11 is 0. The van der Waals surface area contributed by atoms with Crippen LogP contribution in [0.25, 0.3) is 11.1 Å². The number of hydrogen-bond donors (Lipinski definition) is 3. The molecule has 0 unspecified atom stereocenters. The molecule has 0 heterocycles. The van der Waals surface area contributed by atoms with E-state index >= 15 is 0 Å². The molecule has 0 bridgehead atoms. The van der Waals surface area contributed by atoms with Crippen LogP contribution in [0.5, 0.6) is 17.2 Å². The van der Waals surface area contributed by atoms with Gasteiger partial charge < -0.3 is 15.3 Å². The maximum atomic E-state index is 10.1. The first-order chi connectivity index (χ1) is 9.06. The van der Waals surface area contributed by atoms with Crippen LogP contribution in [0.4, 0.5) is 0 Å². The molecule has 2 aromatic carbocycles. The molecule has 0 aliphatic heterocycles. The summed E-state index contributed by atoms with van der Waals surface area (Å²) in [6, 6.07) is 8.58. The monoisotopic (exact) mass is 258 g/mol. The molecule has 3 nitrogen and oxygen atoms in total. The van der Waals surface area contributed by atoms with Crippen molar-refractivity contribution in [1.82, 2.24) is 0 Å². The summed E-state index contributed by atoms with van der Waals surface area (Å²) in [6.07, 6.45) is 1.49. The number of aromatic hydroxyl groups is 3. The van der Waals surface area contributed by atoms with Gasteiger partial charge in [-0.3, -0.25) is 0 Å². The molecule has 3 heteroatoms. The van der Waals surface area contributed by atoms with Gasteiger partial charge in [-0.1, -0.05) is 19.9 Å². The lowest BCUT2D eigenvalue weighted by atomic mass is 9.96. The maximum absolute atomic E-state index is 10.1. The first kappa shape index (κ1) is 13.3. The van der Waals surface area contributed by atoms with Gasteiger partial charge in [-0.2, -0.15) is 0 Å². The zero-order valence-corrected chi connectivity index (χ0v) is 11.1. The number of benzene rings is 2. The lowest BCUT2D eigenvalue weighted by Crippen LogP contribution is -1.91. The van der Waals surface area contributed by atoms with Gasteiger partial charge >= 0.3 is 0 Å². The molecule has 3 N–H and O–H groups in total. The second-order valence-corrected chi connectivity index (χ2v) is 4.55. The van der Waals surface area contributed by atoms with Crippen molar-refractivity contribution in [3.63, 3.8) is 0 Å². The second kappa shape index (κ2) is 5.22. The molecule has 2 aromatic rings. The smallest absolute Gasteiger partial charge is 0.158 e. The summed E-state index contributed by atoms with van der Waals surface area (Å²) in [6.45, 7) is 3.99.